The van der Waals surface area contributed by atoms with E-state index < -0.39 is 16.1 Å². The molecule has 0 saturated carbocycles. The van der Waals surface area contributed by atoms with Crippen LogP contribution >= 0.6 is 58.0 Å². The first-order chi connectivity index (χ1) is 15.6. The number of nitrogens with zero attached hydrogens (tertiary/aromatic N) is 1. The molecule has 0 amide bonds. The third-order valence-electron chi connectivity index (χ3n) is 5.13. The first-order valence-electron chi connectivity index (χ1n) is 9.64. The van der Waals surface area contributed by atoms with Crippen molar-refractivity contribution in [2.24, 2.45) is 5.10 Å². The van der Waals surface area contributed by atoms with E-state index in [2.05, 4.69) is 15.2 Å². The molecule has 1 aliphatic rings. The molecule has 33 heavy (non-hydrogen) atoms. The fourth-order valence-corrected chi connectivity index (χ4v) is 5.68. The highest BCUT2D eigenvalue weighted by Crippen LogP contribution is 2.34. The molecule has 0 radical (unpaired) electrons. The van der Waals surface area contributed by atoms with Gasteiger partial charge in [0, 0.05) is 21.5 Å². The molecular formula is C22H16Cl5N3O2S. The molecule has 2 N–H and O–H groups in total. The summed E-state index contributed by atoms with van der Waals surface area (Å²) < 4.78 is 29.2. The monoisotopic (exact) mass is 561 g/mol. The molecule has 1 heterocycles. The molecule has 5 nitrogen and oxygen atoms in total. The van der Waals surface area contributed by atoms with Gasteiger partial charge in [-0.1, -0.05) is 76.2 Å². The van der Waals surface area contributed by atoms with Crippen molar-refractivity contribution in [2.45, 2.75) is 23.4 Å². The first-order valence-corrected chi connectivity index (χ1v) is 13.0. The molecule has 11 heteroatoms. The maximum Gasteiger partial charge on any atom is 0.241 e. The quantitative estimate of drug-likeness (QED) is 0.337. The van der Waals surface area contributed by atoms with Crippen LogP contribution in [-0.4, -0.2) is 14.1 Å². The zero-order chi connectivity index (χ0) is 23.8. The van der Waals surface area contributed by atoms with Crippen LogP contribution in [0, 0.1) is 0 Å². The Labute approximate surface area is 216 Å². The third kappa shape index (κ3) is 5.60. The lowest BCUT2D eigenvalue weighted by Gasteiger charge is -2.21. The Morgan fingerprint density at radius 2 is 1.55 bits per heavy atom. The summed E-state index contributed by atoms with van der Waals surface area (Å²) in [6, 6.07) is 15.3. The number of benzene rings is 3. The predicted molar refractivity (Wildman–Crippen MR) is 135 cm³/mol. The van der Waals surface area contributed by atoms with E-state index in [1.54, 1.807) is 30.3 Å². The minimum Gasteiger partial charge on any atom is -0.302 e. The normalized spacial score (nSPS) is 16.9. The Morgan fingerprint density at radius 1 is 0.848 bits per heavy atom. The lowest BCUT2D eigenvalue weighted by Crippen LogP contribution is -2.33. The van der Waals surface area contributed by atoms with Gasteiger partial charge in [-0.2, -0.15) is 9.82 Å². The standard InChI is InChI=1S/C22H16Cl5N3O2S/c23-13-3-1-12(2-4-13)20-11-21(29-28-20)22(16-7-5-14(24)9-18(16)26)30-33(31,32)15-6-8-17(25)19(27)10-15/h1-10,20,22,28,30H,11H2. The molecule has 2 unspecified atom stereocenters. The molecule has 2 atom stereocenters. The summed E-state index contributed by atoms with van der Waals surface area (Å²) in [7, 11) is -4.01. The summed E-state index contributed by atoms with van der Waals surface area (Å²) in [4.78, 5) is -0.0345. The van der Waals surface area contributed by atoms with Crippen LogP contribution in [0.15, 0.2) is 70.7 Å². The molecule has 0 aromatic heterocycles. The summed E-state index contributed by atoms with van der Waals surface area (Å²) in [5.74, 6) is 0. The number of nitrogens with one attached hydrogen (secondary N) is 2. The lowest BCUT2D eigenvalue weighted by molar-refractivity contribution is 0.576. The minimum atomic E-state index is -4.01. The van der Waals surface area contributed by atoms with Crippen molar-refractivity contribution in [3.05, 3.63) is 96.9 Å². The molecular weight excluding hydrogens is 548 g/mol. The van der Waals surface area contributed by atoms with Gasteiger partial charge in [0.15, 0.2) is 0 Å². The van der Waals surface area contributed by atoms with Crippen LogP contribution < -0.4 is 10.1 Å². The summed E-state index contributed by atoms with van der Waals surface area (Å²) >= 11 is 30.5. The molecule has 1 aliphatic heterocycles. The Bertz CT molecular complexity index is 1330. The smallest absolute Gasteiger partial charge is 0.241 e. The SMILES string of the molecule is O=S(=O)(NC(C1=NNC(c2ccc(Cl)cc2)C1)c1ccc(Cl)cc1Cl)c1ccc(Cl)c(Cl)c1. The van der Waals surface area contributed by atoms with Gasteiger partial charge in [0.2, 0.25) is 10.0 Å². The number of hydrazone groups is 1. The number of halogens is 5. The summed E-state index contributed by atoms with van der Waals surface area (Å²) in [5, 5.41) is 6.18. The van der Waals surface area contributed by atoms with Crippen molar-refractivity contribution in [1.29, 1.82) is 0 Å². The van der Waals surface area contributed by atoms with E-state index in [1.807, 2.05) is 12.1 Å². The zero-order valence-electron chi connectivity index (χ0n) is 16.7. The van der Waals surface area contributed by atoms with Gasteiger partial charge in [-0.25, -0.2) is 8.42 Å². The van der Waals surface area contributed by atoms with E-state index in [4.69, 9.17) is 58.0 Å². The van der Waals surface area contributed by atoms with E-state index in [0.29, 0.717) is 32.8 Å². The summed E-state index contributed by atoms with van der Waals surface area (Å²) in [5.41, 5.74) is 5.11. The van der Waals surface area contributed by atoms with Crippen molar-refractivity contribution in [2.75, 3.05) is 0 Å². The third-order valence-corrected chi connectivity index (χ3v) is 8.10. The second-order valence-corrected chi connectivity index (χ2v) is 11.1. The molecule has 0 saturated heterocycles. The van der Waals surface area contributed by atoms with Gasteiger partial charge < -0.3 is 5.43 Å². The maximum absolute atomic E-state index is 13.2. The van der Waals surface area contributed by atoms with E-state index in [9.17, 15) is 8.42 Å². The molecule has 3 aromatic rings. The molecule has 4 rings (SSSR count). The fraction of sp³-hybridized carbons (Fsp3) is 0.136. The lowest BCUT2D eigenvalue weighted by atomic mass is 9.96. The highest BCUT2D eigenvalue weighted by atomic mass is 35.5. The molecule has 0 fully saturated rings. The average Bonchev–Trinajstić information content (AvgIpc) is 3.25. The van der Waals surface area contributed by atoms with E-state index in [0.717, 1.165) is 5.56 Å². The Hall–Kier alpha value is -1.51. The van der Waals surface area contributed by atoms with Gasteiger partial charge in [0.25, 0.3) is 0 Å². The van der Waals surface area contributed by atoms with Crippen LogP contribution in [0.1, 0.15) is 29.6 Å². The van der Waals surface area contributed by atoms with E-state index >= 15 is 0 Å². The van der Waals surface area contributed by atoms with E-state index in [-0.39, 0.29) is 21.0 Å². The molecule has 0 bridgehead atoms. The largest absolute Gasteiger partial charge is 0.302 e. The first kappa shape index (κ1) is 24.6. The zero-order valence-corrected chi connectivity index (χ0v) is 21.3. The van der Waals surface area contributed by atoms with Gasteiger partial charge in [-0.3, -0.25) is 0 Å². The highest BCUT2D eigenvalue weighted by Gasteiger charge is 2.32. The average molecular weight is 564 g/mol. The number of rotatable bonds is 6. The Kier molecular flexibility index (Phi) is 7.46. The van der Waals surface area contributed by atoms with Crippen LogP contribution in [0.3, 0.4) is 0 Å². The van der Waals surface area contributed by atoms with Crippen molar-refractivity contribution in [3.8, 4) is 0 Å². The molecule has 0 spiro atoms. The van der Waals surface area contributed by atoms with Crippen molar-refractivity contribution < 1.29 is 8.42 Å². The van der Waals surface area contributed by atoms with Crippen LogP contribution in [0.5, 0.6) is 0 Å². The minimum absolute atomic E-state index is 0.0345. The van der Waals surface area contributed by atoms with Crippen LogP contribution in [-0.2, 0) is 10.0 Å². The maximum atomic E-state index is 13.2. The van der Waals surface area contributed by atoms with Crippen molar-refractivity contribution >= 4 is 73.7 Å². The second kappa shape index (κ2) is 10.0. The van der Waals surface area contributed by atoms with Gasteiger partial charge in [0.1, 0.15) is 0 Å². The van der Waals surface area contributed by atoms with Gasteiger partial charge in [0.05, 0.1) is 32.7 Å². The molecule has 172 valence electrons. The Morgan fingerprint density at radius 3 is 2.21 bits per heavy atom. The van der Waals surface area contributed by atoms with Crippen LogP contribution in [0.4, 0.5) is 0 Å². The number of hydrogen-bond acceptors (Lipinski definition) is 4. The Balaban J connectivity index is 1.68. The second-order valence-electron chi connectivity index (χ2n) is 7.34. The number of hydrogen-bond donors (Lipinski definition) is 2. The van der Waals surface area contributed by atoms with Gasteiger partial charge >= 0.3 is 0 Å². The number of sulfonamides is 1. The van der Waals surface area contributed by atoms with Crippen molar-refractivity contribution in [3.63, 3.8) is 0 Å². The highest BCUT2D eigenvalue weighted by molar-refractivity contribution is 7.89. The predicted octanol–water partition coefficient (Wildman–Crippen LogP) is 7.06. The topological polar surface area (TPSA) is 70.6 Å². The summed E-state index contributed by atoms with van der Waals surface area (Å²) in [6.07, 6.45) is 0.440. The molecule has 3 aromatic carbocycles. The van der Waals surface area contributed by atoms with Crippen molar-refractivity contribution in [1.82, 2.24) is 10.1 Å². The van der Waals surface area contributed by atoms with Gasteiger partial charge in [-0.05, 0) is 53.6 Å². The molecule has 0 aliphatic carbocycles. The van der Waals surface area contributed by atoms with Crippen LogP contribution in [0.2, 0.25) is 25.1 Å². The van der Waals surface area contributed by atoms with Gasteiger partial charge in [-0.15, -0.1) is 0 Å². The van der Waals surface area contributed by atoms with Crippen LogP contribution in [0.25, 0.3) is 0 Å². The fourth-order valence-electron chi connectivity index (χ4n) is 3.44. The van der Waals surface area contributed by atoms with E-state index in [1.165, 1.54) is 18.2 Å². The summed E-state index contributed by atoms with van der Waals surface area (Å²) in [6.45, 7) is 0.